The van der Waals surface area contributed by atoms with E-state index in [2.05, 4.69) is 17.4 Å². The van der Waals surface area contributed by atoms with Crippen LogP contribution in [0.25, 0.3) is 0 Å². The lowest BCUT2D eigenvalue weighted by Crippen LogP contribution is -2.19. The van der Waals surface area contributed by atoms with Crippen molar-refractivity contribution in [1.29, 1.82) is 0 Å². The maximum absolute atomic E-state index is 10.8. The summed E-state index contributed by atoms with van der Waals surface area (Å²) in [5.41, 5.74) is 2.32. The molecule has 0 spiro atoms. The molecule has 2 aromatic rings. The van der Waals surface area contributed by atoms with Crippen LogP contribution < -0.4 is 0 Å². The molecule has 2 aromatic carbocycles. The SMILES string of the molecule is O=NN(CCc1ccccc1)Cc1ccccc1. The lowest BCUT2D eigenvalue weighted by atomic mass is 10.1. The van der Waals surface area contributed by atoms with Crippen LogP contribution in [0.5, 0.6) is 0 Å². The highest BCUT2D eigenvalue weighted by Gasteiger charge is 2.04. The Kier molecular flexibility index (Phi) is 4.47. The molecule has 18 heavy (non-hydrogen) atoms. The number of rotatable bonds is 6. The topological polar surface area (TPSA) is 32.7 Å². The molecule has 0 radical (unpaired) electrons. The van der Waals surface area contributed by atoms with Crippen LogP contribution >= 0.6 is 0 Å². The van der Waals surface area contributed by atoms with Crippen LogP contribution in [0.3, 0.4) is 0 Å². The van der Waals surface area contributed by atoms with Crippen molar-refractivity contribution in [2.24, 2.45) is 5.29 Å². The summed E-state index contributed by atoms with van der Waals surface area (Å²) in [5, 5.41) is 4.64. The van der Waals surface area contributed by atoms with Crippen LogP contribution in [0.2, 0.25) is 0 Å². The van der Waals surface area contributed by atoms with Crippen LogP contribution in [0, 0.1) is 4.91 Å². The summed E-state index contributed by atoms with van der Waals surface area (Å²) in [4.78, 5) is 10.8. The third kappa shape index (κ3) is 3.70. The van der Waals surface area contributed by atoms with Gasteiger partial charge in [0.1, 0.15) is 0 Å². The molecule has 0 bridgehead atoms. The Hall–Kier alpha value is -2.16. The first kappa shape index (κ1) is 12.3. The molecular formula is C15H16N2O. The highest BCUT2D eigenvalue weighted by Crippen LogP contribution is 2.07. The van der Waals surface area contributed by atoms with E-state index in [4.69, 9.17) is 0 Å². The van der Waals surface area contributed by atoms with Crippen LogP contribution in [-0.2, 0) is 13.0 Å². The van der Waals surface area contributed by atoms with Crippen molar-refractivity contribution in [3.63, 3.8) is 0 Å². The van der Waals surface area contributed by atoms with E-state index >= 15 is 0 Å². The average molecular weight is 240 g/mol. The van der Waals surface area contributed by atoms with Gasteiger partial charge in [0.15, 0.2) is 0 Å². The van der Waals surface area contributed by atoms with Gasteiger partial charge >= 0.3 is 0 Å². The summed E-state index contributed by atoms with van der Waals surface area (Å²) in [5.74, 6) is 0. The van der Waals surface area contributed by atoms with Crippen molar-refractivity contribution in [3.8, 4) is 0 Å². The number of benzene rings is 2. The third-order valence-corrected chi connectivity index (χ3v) is 2.82. The fraction of sp³-hybridized carbons (Fsp3) is 0.200. The molecule has 0 saturated carbocycles. The van der Waals surface area contributed by atoms with Crippen molar-refractivity contribution in [2.75, 3.05) is 6.54 Å². The van der Waals surface area contributed by atoms with E-state index < -0.39 is 0 Å². The van der Waals surface area contributed by atoms with Gasteiger partial charge < -0.3 is 0 Å². The summed E-state index contributed by atoms with van der Waals surface area (Å²) in [6.45, 7) is 1.21. The first-order chi connectivity index (χ1) is 8.88. The molecule has 0 fully saturated rings. The Morgan fingerprint density at radius 1 is 0.833 bits per heavy atom. The molecule has 0 aliphatic carbocycles. The minimum absolute atomic E-state index is 0.567. The lowest BCUT2D eigenvalue weighted by Gasteiger charge is -2.15. The zero-order valence-electron chi connectivity index (χ0n) is 10.2. The van der Waals surface area contributed by atoms with Crippen molar-refractivity contribution < 1.29 is 0 Å². The van der Waals surface area contributed by atoms with E-state index in [0.717, 1.165) is 12.0 Å². The van der Waals surface area contributed by atoms with Crippen LogP contribution in [0.15, 0.2) is 65.9 Å². The largest absolute Gasteiger partial charge is 0.256 e. The highest BCUT2D eigenvalue weighted by atomic mass is 16.3. The summed E-state index contributed by atoms with van der Waals surface area (Å²) in [6, 6.07) is 20.0. The second-order valence-corrected chi connectivity index (χ2v) is 4.19. The number of hydrogen-bond donors (Lipinski definition) is 0. The molecule has 0 saturated heterocycles. The van der Waals surface area contributed by atoms with Crippen molar-refractivity contribution >= 4 is 0 Å². The maximum atomic E-state index is 10.8. The molecule has 0 heterocycles. The summed E-state index contributed by atoms with van der Waals surface area (Å²) < 4.78 is 0. The molecule has 3 nitrogen and oxygen atoms in total. The van der Waals surface area contributed by atoms with Gasteiger partial charge in [0.05, 0.1) is 11.8 Å². The van der Waals surface area contributed by atoms with E-state index in [9.17, 15) is 4.91 Å². The zero-order chi connectivity index (χ0) is 12.6. The van der Waals surface area contributed by atoms with Crippen molar-refractivity contribution in [2.45, 2.75) is 13.0 Å². The molecule has 3 heteroatoms. The molecule has 0 aliphatic rings. The Bertz CT molecular complexity index is 470. The Labute approximate surface area is 107 Å². The van der Waals surface area contributed by atoms with Crippen LogP contribution in [0.4, 0.5) is 0 Å². The van der Waals surface area contributed by atoms with Gasteiger partial charge in [-0.05, 0) is 17.5 Å². The number of hydrogen-bond acceptors (Lipinski definition) is 2. The Morgan fingerprint density at radius 2 is 1.39 bits per heavy atom. The van der Waals surface area contributed by atoms with E-state index in [1.165, 1.54) is 5.56 Å². The van der Waals surface area contributed by atoms with Gasteiger partial charge in [-0.3, -0.25) is 5.01 Å². The van der Waals surface area contributed by atoms with E-state index in [0.29, 0.717) is 13.1 Å². The Balaban J connectivity index is 1.88. The molecule has 0 unspecified atom stereocenters. The van der Waals surface area contributed by atoms with Gasteiger partial charge in [0, 0.05) is 6.54 Å². The van der Waals surface area contributed by atoms with Crippen LogP contribution in [-0.4, -0.2) is 11.6 Å². The maximum Gasteiger partial charge on any atom is 0.0642 e. The van der Waals surface area contributed by atoms with E-state index in [1.54, 1.807) is 5.01 Å². The minimum Gasteiger partial charge on any atom is -0.256 e. The van der Waals surface area contributed by atoms with E-state index in [-0.39, 0.29) is 0 Å². The molecule has 92 valence electrons. The van der Waals surface area contributed by atoms with Crippen molar-refractivity contribution in [1.82, 2.24) is 5.01 Å². The van der Waals surface area contributed by atoms with Gasteiger partial charge in [0.2, 0.25) is 0 Å². The number of nitroso groups, excluding NO2 is 1. The lowest BCUT2D eigenvalue weighted by molar-refractivity contribution is 0.279. The molecule has 0 atom stereocenters. The fourth-order valence-electron chi connectivity index (χ4n) is 1.85. The molecular weight excluding hydrogens is 224 g/mol. The number of nitrogens with zero attached hydrogens (tertiary/aromatic N) is 2. The molecule has 0 N–H and O–H groups in total. The second kappa shape index (κ2) is 6.55. The minimum atomic E-state index is 0.567. The first-order valence-corrected chi connectivity index (χ1v) is 6.04. The quantitative estimate of drug-likeness (QED) is 0.572. The summed E-state index contributed by atoms with van der Waals surface area (Å²) in [7, 11) is 0. The fourth-order valence-corrected chi connectivity index (χ4v) is 1.85. The zero-order valence-corrected chi connectivity index (χ0v) is 10.2. The highest BCUT2D eigenvalue weighted by molar-refractivity contribution is 5.16. The normalized spacial score (nSPS) is 10.0. The average Bonchev–Trinajstić information content (AvgIpc) is 2.45. The molecule has 2 rings (SSSR count). The predicted octanol–water partition coefficient (Wildman–Crippen LogP) is 3.41. The van der Waals surface area contributed by atoms with Crippen molar-refractivity contribution in [3.05, 3.63) is 76.7 Å². The third-order valence-electron chi connectivity index (χ3n) is 2.82. The van der Waals surface area contributed by atoms with Gasteiger partial charge in [-0.15, -0.1) is 4.91 Å². The molecule has 0 aliphatic heterocycles. The van der Waals surface area contributed by atoms with Gasteiger partial charge in [-0.25, -0.2) is 0 Å². The molecule has 0 aromatic heterocycles. The second-order valence-electron chi connectivity index (χ2n) is 4.19. The van der Waals surface area contributed by atoms with Gasteiger partial charge in [0.25, 0.3) is 0 Å². The smallest absolute Gasteiger partial charge is 0.0642 e. The van der Waals surface area contributed by atoms with E-state index in [1.807, 2.05) is 48.5 Å². The Morgan fingerprint density at radius 3 is 1.94 bits per heavy atom. The standard InChI is InChI=1S/C15H16N2O/c18-16-17(13-15-9-5-2-6-10-15)12-11-14-7-3-1-4-8-14/h1-10H,11-13H2. The molecule has 0 amide bonds. The van der Waals surface area contributed by atoms with Gasteiger partial charge in [-0.1, -0.05) is 60.7 Å². The summed E-state index contributed by atoms with van der Waals surface area (Å²) >= 11 is 0. The monoisotopic (exact) mass is 240 g/mol. The predicted molar refractivity (Wildman–Crippen MR) is 72.8 cm³/mol. The van der Waals surface area contributed by atoms with Crippen LogP contribution in [0.1, 0.15) is 11.1 Å². The first-order valence-electron chi connectivity index (χ1n) is 6.04. The summed E-state index contributed by atoms with van der Waals surface area (Å²) in [6.07, 6.45) is 0.833. The van der Waals surface area contributed by atoms with Gasteiger partial charge in [-0.2, -0.15) is 0 Å².